The minimum absolute atomic E-state index is 0.0427. The van der Waals surface area contributed by atoms with Crippen molar-refractivity contribution in [2.45, 2.75) is 0 Å². The molecule has 0 saturated carbocycles. The second-order valence-electron chi connectivity index (χ2n) is 4.81. The molecule has 0 aliphatic rings. The molecule has 0 spiro atoms. The lowest BCUT2D eigenvalue weighted by Gasteiger charge is -2.05. The normalized spacial score (nSPS) is 10.7. The van der Waals surface area contributed by atoms with Gasteiger partial charge in [0.05, 0.1) is 18.1 Å². The largest absolute Gasteiger partial charge is 0.465 e. The zero-order chi connectivity index (χ0) is 16.6. The monoisotopic (exact) mass is 316 g/mol. The van der Waals surface area contributed by atoms with Gasteiger partial charge in [-0.1, -0.05) is 12.1 Å². The smallest absolute Gasteiger partial charge is 0.337 e. The highest BCUT2D eigenvalue weighted by molar-refractivity contribution is 5.90. The third-order valence-corrected chi connectivity index (χ3v) is 3.36. The van der Waals surface area contributed by atoms with Crippen molar-refractivity contribution in [3.8, 4) is 11.3 Å². The van der Waals surface area contributed by atoms with Gasteiger partial charge >= 0.3 is 5.97 Å². The molecule has 1 aromatic heterocycles. The van der Waals surface area contributed by atoms with Crippen molar-refractivity contribution < 1.29 is 22.7 Å². The van der Waals surface area contributed by atoms with Gasteiger partial charge in [0.2, 0.25) is 0 Å². The van der Waals surface area contributed by atoms with E-state index in [1.54, 1.807) is 12.1 Å². The van der Waals surface area contributed by atoms with Crippen molar-refractivity contribution in [2.24, 2.45) is 0 Å². The van der Waals surface area contributed by atoms with Crippen LogP contribution in [0.5, 0.6) is 0 Å². The molecule has 0 aliphatic heterocycles. The molecule has 0 aliphatic carbocycles. The molecule has 0 fully saturated rings. The Balaban J connectivity index is 2.11. The SMILES string of the molecule is COC(=O)c1ccc(-c2cc(=O)c3cc(F)c(F)cc3o2)cc1. The van der Waals surface area contributed by atoms with Crippen molar-refractivity contribution in [3.05, 3.63) is 69.9 Å². The number of hydrogen-bond donors (Lipinski definition) is 0. The van der Waals surface area contributed by atoms with Gasteiger partial charge in [0.25, 0.3) is 0 Å². The van der Waals surface area contributed by atoms with Crippen molar-refractivity contribution in [3.63, 3.8) is 0 Å². The molecule has 0 N–H and O–H groups in total. The van der Waals surface area contributed by atoms with Gasteiger partial charge < -0.3 is 9.15 Å². The van der Waals surface area contributed by atoms with Crippen molar-refractivity contribution >= 4 is 16.9 Å². The lowest BCUT2D eigenvalue weighted by molar-refractivity contribution is 0.0600. The van der Waals surface area contributed by atoms with Crippen molar-refractivity contribution in [1.82, 2.24) is 0 Å². The van der Waals surface area contributed by atoms with Gasteiger partial charge in [-0.15, -0.1) is 0 Å². The summed E-state index contributed by atoms with van der Waals surface area (Å²) in [5.74, 6) is -2.52. The van der Waals surface area contributed by atoms with Crippen LogP contribution < -0.4 is 5.43 Å². The highest BCUT2D eigenvalue weighted by Gasteiger charge is 2.12. The van der Waals surface area contributed by atoms with Crippen LogP contribution in [0.4, 0.5) is 8.78 Å². The number of halogens is 2. The number of carbonyl (C=O) groups is 1. The maximum Gasteiger partial charge on any atom is 0.337 e. The number of ether oxygens (including phenoxy) is 1. The van der Waals surface area contributed by atoms with E-state index in [1.165, 1.54) is 25.3 Å². The van der Waals surface area contributed by atoms with Crippen LogP contribution in [0.25, 0.3) is 22.3 Å². The van der Waals surface area contributed by atoms with Crippen LogP contribution in [-0.2, 0) is 4.74 Å². The molecule has 0 bridgehead atoms. The Labute approximate surface area is 128 Å². The molecule has 1 heterocycles. The number of carbonyl (C=O) groups excluding carboxylic acids is 1. The Morgan fingerprint density at radius 1 is 1.04 bits per heavy atom. The van der Waals surface area contributed by atoms with Gasteiger partial charge in [-0.05, 0) is 18.2 Å². The van der Waals surface area contributed by atoms with Crippen molar-refractivity contribution in [2.75, 3.05) is 7.11 Å². The first kappa shape index (κ1) is 14.9. The maximum absolute atomic E-state index is 13.3. The summed E-state index contributed by atoms with van der Waals surface area (Å²) in [5, 5.41) is -0.0427. The van der Waals surface area contributed by atoms with E-state index in [0.717, 1.165) is 12.1 Å². The van der Waals surface area contributed by atoms with Gasteiger partial charge in [-0.2, -0.15) is 0 Å². The Kier molecular flexibility index (Phi) is 3.65. The summed E-state index contributed by atoms with van der Waals surface area (Å²) >= 11 is 0. The Bertz CT molecular complexity index is 959. The quantitative estimate of drug-likeness (QED) is 0.679. The molecule has 0 saturated heterocycles. The minimum atomic E-state index is -1.11. The molecule has 23 heavy (non-hydrogen) atoms. The summed E-state index contributed by atoms with van der Waals surface area (Å²) < 4.78 is 36.6. The summed E-state index contributed by atoms with van der Waals surface area (Å²) in [5.41, 5.74) is 0.314. The maximum atomic E-state index is 13.3. The summed E-state index contributed by atoms with van der Waals surface area (Å²) in [6, 6.07) is 8.98. The molecular weight excluding hydrogens is 306 g/mol. The van der Waals surface area contributed by atoms with E-state index < -0.39 is 23.0 Å². The van der Waals surface area contributed by atoms with E-state index in [0.29, 0.717) is 11.1 Å². The topological polar surface area (TPSA) is 56.5 Å². The fourth-order valence-corrected chi connectivity index (χ4v) is 2.18. The number of benzene rings is 2. The number of methoxy groups -OCH3 is 1. The third-order valence-electron chi connectivity index (χ3n) is 3.36. The summed E-state index contributed by atoms with van der Waals surface area (Å²) in [6.45, 7) is 0. The average molecular weight is 316 g/mol. The predicted octanol–water partition coefficient (Wildman–Crippen LogP) is 3.52. The molecule has 0 amide bonds. The van der Waals surface area contributed by atoms with Gasteiger partial charge in [0.1, 0.15) is 11.3 Å². The standard InChI is InChI=1S/C17H10F2O4/c1-22-17(21)10-4-2-9(3-5-10)15-8-14(20)11-6-12(18)13(19)7-16(11)23-15/h2-8H,1H3. The molecule has 0 atom stereocenters. The molecule has 3 rings (SSSR count). The van der Waals surface area contributed by atoms with E-state index in [9.17, 15) is 18.4 Å². The van der Waals surface area contributed by atoms with E-state index in [-0.39, 0.29) is 16.7 Å². The van der Waals surface area contributed by atoms with E-state index >= 15 is 0 Å². The van der Waals surface area contributed by atoms with Gasteiger partial charge in [-0.3, -0.25) is 4.79 Å². The van der Waals surface area contributed by atoms with Crippen LogP contribution in [0.1, 0.15) is 10.4 Å². The van der Waals surface area contributed by atoms with Crippen LogP contribution in [0, 0.1) is 11.6 Å². The first-order valence-electron chi connectivity index (χ1n) is 6.61. The molecule has 0 radical (unpaired) electrons. The van der Waals surface area contributed by atoms with Crippen LogP contribution in [0.3, 0.4) is 0 Å². The van der Waals surface area contributed by atoms with Gasteiger partial charge in [0.15, 0.2) is 17.1 Å². The predicted molar refractivity (Wildman–Crippen MR) is 79.2 cm³/mol. The van der Waals surface area contributed by atoms with E-state index in [2.05, 4.69) is 4.74 Å². The summed E-state index contributed by atoms with van der Waals surface area (Å²) in [6.07, 6.45) is 0. The fourth-order valence-electron chi connectivity index (χ4n) is 2.18. The summed E-state index contributed by atoms with van der Waals surface area (Å²) in [4.78, 5) is 23.4. The highest BCUT2D eigenvalue weighted by Crippen LogP contribution is 2.24. The lowest BCUT2D eigenvalue weighted by Crippen LogP contribution is -2.03. The molecule has 6 heteroatoms. The molecule has 3 aromatic rings. The minimum Gasteiger partial charge on any atom is -0.465 e. The zero-order valence-corrected chi connectivity index (χ0v) is 11.9. The lowest BCUT2D eigenvalue weighted by atomic mass is 10.1. The van der Waals surface area contributed by atoms with E-state index in [4.69, 9.17) is 4.42 Å². The number of fused-ring (bicyclic) bond motifs is 1. The first-order valence-corrected chi connectivity index (χ1v) is 6.61. The van der Waals surface area contributed by atoms with Crippen LogP contribution >= 0.6 is 0 Å². The zero-order valence-electron chi connectivity index (χ0n) is 11.9. The molecule has 116 valence electrons. The van der Waals surface area contributed by atoms with Crippen LogP contribution in [-0.4, -0.2) is 13.1 Å². The van der Waals surface area contributed by atoms with Gasteiger partial charge in [0, 0.05) is 17.7 Å². The first-order chi connectivity index (χ1) is 11.0. The van der Waals surface area contributed by atoms with Crippen LogP contribution in [0.2, 0.25) is 0 Å². The molecule has 2 aromatic carbocycles. The van der Waals surface area contributed by atoms with E-state index in [1.807, 2.05) is 0 Å². The number of hydrogen-bond acceptors (Lipinski definition) is 4. The van der Waals surface area contributed by atoms with Crippen LogP contribution in [0.15, 0.2) is 51.7 Å². The average Bonchev–Trinajstić information content (AvgIpc) is 2.56. The number of esters is 1. The third kappa shape index (κ3) is 2.70. The van der Waals surface area contributed by atoms with Gasteiger partial charge in [-0.25, -0.2) is 13.6 Å². The molecule has 0 unspecified atom stereocenters. The molecule has 4 nitrogen and oxygen atoms in total. The Morgan fingerprint density at radius 2 is 1.70 bits per heavy atom. The second-order valence-corrected chi connectivity index (χ2v) is 4.81. The highest BCUT2D eigenvalue weighted by atomic mass is 19.2. The second kappa shape index (κ2) is 5.64. The fraction of sp³-hybridized carbons (Fsp3) is 0.0588. The Hall–Kier alpha value is -3.02. The summed E-state index contributed by atoms with van der Waals surface area (Å²) in [7, 11) is 1.27. The Morgan fingerprint density at radius 3 is 2.35 bits per heavy atom. The number of rotatable bonds is 2. The van der Waals surface area contributed by atoms with Crippen molar-refractivity contribution in [1.29, 1.82) is 0 Å². The molecular formula is C17H10F2O4.